The first-order chi connectivity index (χ1) is 9.63. The lowest BCUT2D eigenvalue weighted by Crippen LogP contribution is -2.16. The second-order valence-electron chi connectivity index (χ2n) is 5.79. The molecule has 0 aromatic heterocycles. The second-order valence-corrected chi connectivity index (χ2v) is 7.46. The standard InChI is InChI=1S/C16H20O3S/c1-2-20(19)15-12(10-4-3-5-10)8-9-13(16(17)18)14(15)11-6-7-11/h8-11H,2-7H2,1H3,(H,17,18)/t20-/m1/s1. The molecule has 2 saturated carbocycles. The van der Waals surface area contributed by atoms with Gasteiger partial charge in [-0.15, -0.1) is 0 Å². The quantitative estimate of drug-likeness (QED) is 0.901. The van der Waals surface area contributed by atoms with Gasteiger partial charge < -0.3 is 5.11 Å². The molecule has 2 aliphatic carbocycles. The maximum absolute atomic E-state index is 12.5. The summed E-state index contributed by atoms with van der Waals surface area (Å²) in [6.07, 6.45) is 5.57. The highest BCUT2D eigenvalue weighted by atomic mass is 32.2. The van der Waals surface area contributed by atoms with E-state index in [1.165, 1.54) is 6.42 Å². The first-order valence-corrected chi connectivity index (χ1v) is 8.73. The fourth-order valence-corrected chi connectivity index (χ4v) is 4.33. The smallest absolute Gasteiger partial charge is 0.336 e. The molecule has 1 atom stereocenters. The van der Waals surface area contributed by atoms with Gasteiger partial charge >= 0.3 is 5.97 Å². The van der Waals surface area contributed by atoms with Gasteiger partial charge in [0, 0.05) is 10.6 Å². The summed E-state index contributed by atoms with van der Waals surface area (Å²) in [7, 11) is -1.07. The zero-order chi connectivity index (χ0) is 14.3. The molecule has 0 bridgehead atoms. The van der Waals surface area contributed by atoms with E-state index in [9.17, 15) is 14.1 Å². The largest absolute Gasteiger partial charge is 0.478 e. The molecule has 0 amide bonds. The summed E-state index contributed by atoms with van der Waals surface area (Å²) >= 11 is 0. The van der Waals surface area contributed by atoms with Gasteiger partial charge in [-0.05, 0) is 54.7 Å². The number of aromatic carboxylic acids is 1. The van der Waals surface area contributed by atoms with Crippen molar-refractivity contribution in [2.45, 2.75) is 55.8 Å². The minimum absolute atomic E-state index is 0.312. The Bertz CT molecular complexity index is 571. The van der Waals surface area contributed by atoms with E-state index >= 15 is 0 Å². The Labute approximate surface area is 121 Å². The number of benzene rings is 1. The van der Waals surface area contributed by atoms with Crippen molar-refractivity contribution >= 4 is 16.8 Å². The average Bonchev–Trinajstić information content (AvgIpc) is 3.19. The van der Waals surface area contributed by atoms with Crippen LogP contribution in [-0.4, -0.2) is 21.0 Å². The van der Waals surface area contributed by atoms with E-state index in [1.54, 1.807) is 6.07 Å². The van der Waals surface area contributed by atoms with E-state index in [-0.39, 0.29) is 0 Å². The van der Waals surface area contributed by atoms with E-state index < -0.39 is 16.8 Å². The highest BCUT2D eigenvalue weighted by Gasteiger charge is 2.35. The summed E-state index contributed by atoms with van der Waals surface area (Å²) < 4.78 is 12.5. The molecular formula is C16H20O3S. The van der Waals surface area contributed by atoms with E-state index in [0.717, 1.165) is 41.7 Å². The van der Waals surface area contributed by atoms with Crippen molar-refractivity contribution in [3.8, 4) is 0 Å². The summed E-state index contributed by atoms with van der Waals surface area (Å²) in [5, 5.41) is 9.42. The summed E-state index contributed by atoms with van der Waals surface area (Å²) in [6.45, 7) is 1.91. The number of carboxylic acid groups (broad SMARTS) is 1. The molecule has 1 N–H and O–H groups in total. The predicted molar refractivity (Wildman–Crippen MR) is 78.9 cm³/mol. The zero-order valence-corrected chi connectivity index (χ0v) is 12.5. The van der Waals surface area contributed by atoms with Gasteiger partial charge in [0.2, 0.25) is 0 Å². The van der Waals surface area contributed by atoms with E-state index in [0.29, 0.717) is 23.2 Å². The Kier molecular flexibility index (Phi) is 3.67. The zero-order valence-electron chi connectivity index (χ0n) is 11.7. The van der Waals surface area contributed by atoms with Gasteiger partial charge in [-0.1, -0.05) is 19.4 Å². The van der Waals surface area contributed by atoms with Crippen LogP contribution < -0.4 is 0 Å². The number of carbonyl (C=O) groups is 1. The van der Waals surface area contributed by atoms with Crippen LogP contribution in [0.2, 0.25) is 0 Å². The van der Waals surface area contributed by atoms with Crippen LogP contribution in [0, 0.1) is 0 Å². The van der Waals surface area contributed by atoms with Gasteiger partial charge in [-0.2, -0.15) is 0 Å². The molecule has 3 rings (SSSR count). The molecule has 1 aromatic carbocycles. The predicted octanol–water partition coefficient (Wildman–Crippen LogP) is 3.66. The molecule has 4 heteroatoms. The van der Waals surface area contributed by atoms with Crippen LogP contribution in [0.4, 0.5) is 0 Å². The summed E-state index contributed by atoms with van der Waals surface area (Å²) in [5.74, 6) is 0.469. The Morgan fingerprint density at radius 1 is 1.25 bits per heavy atom. The van der Waals surface area contributed by atoms with Crippen molar-refractivity contribution < 1.29 is 14.1 Å². The van der Waals surface area contributed by atoms with E-state index in [1.807, 2.05) is 13.0 Å². The summed E-state index contributed by atoms with van der Waals surface area (Å²) in [4.78, 5) is 12.3. The van der Waals surface area contributed by atoms with Gasteiger partial charge in [-0.25, -0.2) is 4.79 Å². The maximum atomic E-state index is 12.5. The molecule has 2 fully saturated rings. The monoisotopic (exact) mass is 292 g/mol. The number of rotatable bonds is 5. The molecule has 0 unspecified atom stereocenters. The molecule has 108 valence electrons. The lowest BCUT2D eigenvalue weighted by molar-refractivity contribution is 0.0695. The number of carboxylic acids is 1. The number of hydrogen-bond donors (Lipinski definition) is 1. The molecule has 1 aromatic rings. The van der Waals surface area contributed by atoms with Gasteiger partial charge in [0.1, 0.15) is 0 Å². The fraction of sp³-hybridized carbons (Fsp3) is 0.562. The average molecular weight is 292 g/mol. The Morgan fingerprint density at radius 3 is 2.40 bits per heavy atom. The minimum Gasteiger partial charge on any atom is -0.478 e. The molecule has 2 aliphatic rings. The van der Waals surface area contributed by atoms with Gasteiger partial charge in [0.25, 0.3) is 0 Å². The lowest BCUT2D eigenvalue weighted by Gasteiger charge is -2.29. The van der Waals surface area contributed by atoms with Crippen molar-refractivity contribution in [1.82, 2.24) is 0 Å². The topological polar surface area (TPSA) is 54.4 Å². The first kappa shape index (κ1) is 13.8. The molecule has 0 heterocycles. The van der Waals surface area contributed by atoms with Gasteiger partial charge in [-0.3, -0.25) is 4.21 Å². The van der Waals surface area contributed by atoms with Crippen LogP contribution in [0.5, 0.6) is 0 Å². The highest BCUT2D eigenvalue weighted by molar-refractivity contribution is 7.85. The number of hydrogen-bond acceptors (Lipinski definition) is 2. The Hall–Kier alpha value is -1.16. The lowest BCUT2D eigenvalue weighted by atomic mass is 9.79. The van der Waals surface area contributed by atoms with E-state index in [2.05, 4.69) is 0 Å². The van der Waals surface area contributed by atoms with Crippen molar-refractivity contribution in [3.63, 3.8) is 0 Å². The highest BCUT2D eigenvalue weighted by Crippen LogP contribution is 2.48. The van der Waals surface area contributed by atoms with Crippen LogP contribution in [0.3, 0.4) is 0 Å². The first-order valence-electron chi connectivity index (χ1n) is 7.42. The van der Waals surface area contributed by atoms with Crippen molar-refractivity contribution in [3.05, 3.63) is 28.8 Å². The molecule has 20 heavy (non-hydrogen) atoms. The third kappa shape index (κ3) is 2.30. The fourth-order valence-electron chi connectivity index (χ4n) is 3.02. The van der Waals surface area contributed by atoms with Gasteiger partial charge in [0.15, 0.2) is 0 Å². The third-order valence-electron chi connectivity index (χ3n) is 4.48. The van der Waals surface area contributed by atoms with Crippen LogP contribution in [0.1, 0.15) is 72.3 Å². The van der Waals surface area contributed by atoms with Crippen LogP contribution in [0.15, 0.2) is 17.0 Å². The molecule has 3 nitrogen and oxygen atoms in total. The molecule has 0 spiro atoms. The van der Waals surface area contributed by atoms with Gasteiger partial charge in [0.05, 0.1) is 16.4 Å². The van der Waals surface area contributed by atoms with Crippen LogP contribution in [0.25, 0.3) is 0 Å². The normalized spacial score (nSPS) is 20.4. The van der Waals surface area contributed by atoms with E-state index in [4.69, 9.17) is 0 Å². The van der Waals surface area contributed by atoms with Crippen molar-refractivity contribution in [2.24, 2.45) is 0 Å². The Balaban J connectivity index is 2.18. The van der Waals surface area contributed by atoms with Crippen LogP contribution >= 0.6 is 0 Å². The third-order valence-corrected chi connectivity index (χ3v) is 5.91. The SMILES string of the molecule is CC[S@@](=O)c1c(C2CCC2)ccc(C(=O)O)c1C1CC1. The molecule has 0 saturated heterocycles. The van der Waals surface area contributed by atoms with Crippen molar-refractivity contribution in [1.29, 1.82) is 0 Å². The Morgan fingerprint density at radius 2 is 1.95 bits per heavy atom. The van der Waals surface area contributed by atoms with Crippen molar-refractivity contribution in [2.75, 3.05) is 5.75 Å². The summed E-state index contributed by atoms with van der Waals surface area (Å²) in [6, 6.07) is 3.65. The summed E-state index contributed by atoms with van der Waals surface area (Å²) in [5.41, 5.74) is 2.40. The molecular weight excluding hydrogens is 272 g/mol. The molecule has 0 radical (unpaired) electrons. The van der Waals surface area contributed by atoms with Crippen LogP contribution in [-0.2, 0) is 10.8 Å². The minimum atomic E-state index is -1.07. The second kappa shape index (κ2) is 5.32. The molecule has 0 aliphatic heterocycles. The maximum Gasteiger partial charge on any atom is 0.336 e.